The van der Waals surface area contributed by atoms with Gasteiger partial charge >= 0.3 is 11.7 Å². The van der Waals surface area contributed by atoms with Crippen molar-refractivity contribution in [2.24, 2.45) is 11.7 Å². The first kappa shape index (κ1) is 20.6. The Hall–Kier alpha value is -1.75. The highest BCUT2D eigenvalue weighted by molar-refractivity contribution is 6.18. The average Bonchev–Trinajstić information content (AvgIpc) is 2.84. The third-order valence-corrected chi connectivity index (χ3v) is 4.72. The van der Waals surface area contributed by atoms with Gasteiger partial charge in [0.15, 0.2) is 12.4 Å². The van der Waals surface area contributed by atoms with Crippen molar-refractivity contribution in [2.75, 3.05) is 18.2 Å². The summed E-state index contributed by atoms with van der Waals surface area (Å²) in [6.07, 6.45) is -4.05. The molecule has 5 N–H and O–H groups in total. The van der Waals surface area contributed by atoms with Crippen molar-refractivity contribution in [1.82, 2.24) is 9.55 Å². The summed E-state index contributed by atoms with van der Waals surface area (Å²) in [4.78, 5) is 27.3. The molecule has 1 fully saturated rings. The maximum atomic E-state index is 14.6. The number of rotatable bonds is 6. The standard InChI is InChI=1S/C15H22ClFN4O5/c1-7(2)10(19)13(23)25-6-15(5-16)11(22)9(17)12(26-15)21-4-3-8(18)20-14(21)24/h3-4,7,9-12,22H,5-6,19H2,1-2H3,(H2,18,20,24)/t9-,10+,11+,12-,15-/m1/s1. The van der Waals surface area contributed by atoms with Crippen LogP contribution in [0.5, 0.6) is 0 Å². The van der Waals surface area contributed by atoms with E-state index < -0.39 is 48.4 Å². The molecule has 146 valence electrons. The summed E-state index contributed by atoms with van der Waals surface area (Å²) in [6, 6.07) is 0.397. The van der Waals surface area contributed by atoms with Crippen molar-refractivity contribution >= 4 is 23.4 Å². The number of esters is 1. The molecule has 1 saturated heterocycles. The monoisotopic (exact) mass is 392 g/mol. The van der Waals surface area contributed by atoms with Gasteiger partial charge in [-0.1, -0.05) is 13.8 Å². The van der Waals surface area contributed by atoms with Crippen LogP contribution in [0.2, 0.25) is 0 Å². The highest BCUT2D eigenvalue weighted by Crippen LogP contribution is 2.39. The van der Waals surface area contributed by atoms with Crippen LogP contribution in [0.25, 0.3) is 0 Å². The lowest BCUT2D eigenvalue weighted by Crippen LogP contribution is -2.50. The molecule has 2 heterocycles. The molecule has 0 radical (unpaired) electrons. The van der Waals surface area contributed by atoms with Crippen LogP contribution in [0.1, 0.15) is 20.1 Å². The Morgan fingerprint density at radius 1 is 1.62 bits per heavy atom. The lowest BCUT2D eigenvalue weighted by Gasteiger charge is -2.29. The fourth-order valence-corrected chi connectivity index (χ4v) is 2.78. The quantitative estimate of drug-likeness (QED) is 0.436. The molecule has 0 bridgehead atoms. The number of halogens is 2. The first-order valence-electron chi connectivity index (χ1n) is 7.95. The number of nitrogen functional groups attached to an aromatic ring is 1. The molecule has 9 nitrogen and oxygen atoms in total. The fraction of sp³-hybridized carbons (Fsp3) is 0.667. The van der Waals surface area contributed by atoms with E-state index in [0.717, 1.165) is 4.57 Å². The lowest BCUT2D eigenvalue weighted by atomic mass is 9.98. The van der Waals surface area contributed by atoms with E-state index in [2.05, 4.69) is 4.98 Å². The van der Waals surface area contributed by atoms with Crippen molar-refractivity contribution in [2.45, 2.75) is 44.0 Å². The van der Waals surface area contributed by atoms with Crippen LogP contribution < -0.4 is 17.2 Å². The summed E-state index contributed by atoms with van der Waals surface area (Å²) in [5, 5.41) is 10.3. The number of nitrogens with two attached hydrogens (primary N) is 2. The molecule has 1 aliphatic rings. The minimum atomic E-state index is -2.01. The average molecular weight is 393 g/mol. The van der Waals surface area contributed by atoms with Gasteiger partial charge in [-0.05, 0) is 12.0 Å². The molecule has 0 aromatic carbocycles. The SMILES string of the molecule is CC(C)[C@H](N)C(=O)OC[C@@]1(CCl)O[C@@H](n2ccc(N)nc2=O)[C@H](F)[C@@H]1O. The van der Waals surface area contributed by atoms with E-state index in [0.29, 0.717) is 0 Å². The van der Waals surface area contributed by atoms with Crippen LogP contribution in [0.3, 0.4) is 0 Å². The molecule has 0 unspecified atom stereocenters. The van der Waals surface area contributed by atoms with Crippen LogP contribution >= 0.6 is 11.6 Å². The second-order valence-corrected chi connectivity index (χ2v) is 6.78. The molecule has 1 aromatic rings. The molecule has 0 aliphatic carbocycles. The topological polar surface area (TPSA) is 143 Å². The van der Waals surface area contributed by atoms with Gasteiger partial charge in [0, 0.05) is 6.20 Å². The number of aromatic nitrogens is 2. The van der Waals surface area contributed by atoms with Crippen molar-refractivity contribution in [3.63, 3.8) is 0 Å². The normalized spacial score (nSPS) is 29.7. The lowest BCUT2D eigenvalue weighted by molar-refractivity contribution is -0.164. The largest absolute Gasteiger partial charge is 0.461 e. The molecule has 5 atom stereocenters. The summed E-state index contributed by atoms with van der Waals surface area (Å²) in [7, 11) is 0. The molecule has 1 aliphatic heterocycles. The van der Waals surface area contributed by atoms with Crippen molar-refractivity contribution in [3.8, 4) is 0 Å². The number of nitrogens with zero attached hydrogens (tertiary/aromatic N) is 2. The second-order valence-electron chi connectivity index (χ2n) is 6.52. The third-order valence-electron chi connectivity index (χ3n) is 4.27. The Morgan fingerprint density at radius 3 is 2.81 bits per heavy atom. The van der Waals surface area contributed by atoms with Gasteiger partial charge in [-0.15, -0.1) is 11.6 Å². The summed E-state index contributed by atoms with van der Waals surface area (Å²) in [6.45, 7) is 2.95. The summed E-state index contributed by atoms with van der Waals surface area (Å²) in [5.74, 6) is -1.33. The maximum absolute atomic E-state index is 14.6. The molecule has 2 rings (SSSR count). The highest BCUT2D eigenvalue weighted by Gasteiger charge is 2.56. The van der Waals surface area contributed by atoms with Crippen molar-refractivity contribution < 1.29 is 23.8 Å². The molecule has 0 spiro atoms. The van der Waals surface area contributed by atoms with Gasteiger partial charge in [0.1, 0.15) is 30.2 Å². The number of carbonyl (C=O) groups is 1. The van der Waals surface area contributed by atoms with Crippen LogP contribution in [0.4, 0.5) is 10.2 Å². The Balaban J connectivity index is 2.21. The fourth-order valence-electron chi connectivity index (χ4n) is 2.48. The number of hydrogen-bond acceptors (Lipinski definition) is 8. The minimum absolute atomic E-state index is 0.0413. The number of aliphatic hydroxyl groups excluding tert-OH is 1. The number of hydrogen-bond donors (Lipinski definition) is 3. The molecule has 0 saturated carbocycles. The van der Waals surface area contributed by atoms with E-state index in [1.807, 2.05) is 0 Å². The molecule has 11 heteroatoms. The van der Waals surface area contributed by atoms with Crippen LogP contribution in [0.15, 0.2) is 17.1 Å². The zero-order valence-electron chi connectivity index (χ0n) is 14.3. The van der Waals surface area contributed by atoms with Crippen LogP contribution in [-0.2, 0) is 14.3 Å². The zero-order valence-corrected chi connectivity index (χ0v) is 15.1. The van der Waals surface area contributed by atoms with Gasteiger partial charge in [-0.2, -0.15) is 4.98 Å². The number of aliphatic hydroxyl groups is 1. The first-order valence-corrected chi connectivity index (χ1v) is 8.49. The van der Waals surface area contributed by atoms with Gasteiger partial charge in [-0.3, -0.25) is 9.36 Å². The minimum Gasteiger partial charge on any atom is -0.461 e. The molecular formula is C15H22ClFN4O5. The first-order chi connectivity index (χ1) is 12.1. The van der Waals surface area contributed by atoms with Gasteiger partial charge in [0.2, 0.25) is 0 Å². The number of carbonyl (C=O) groups excluding carboxylic acids is 1. The van der Waals surface area contributed by atoms with E-state index in [-0.39, 0.29) is 17.6 Å². The predicted molar refractivity (Wildman–Crippen MR) is 91.2 cm³/mol. The molecule has 1 aromatic heterocycles. The van der Waals surface area contributed by atoms with E-state index >= 15 is 0 Å². The van der Waals surface area contributed by atoms with Gasteiger partial charge in [0.25, 0.3) is 0 Å². The van der Waals surface area contributed by atoms with Gasteiger partial charge in [-0.25, -0.2) is 9.18 Å². The smallest absolute Gasteiger partial charge is 0.351 e. The van der Waals surface area contributed by atoms with Crippen molar-refractivity contribution in [3.05, 3.63) is 22.7 Å². The third kappa shape index (κ3) is 3.83. The Kier molecular flexibility index (Phi) is 6.22. The number of anilines is 1. The van der Waals surface area contributed by atoms with Crippen molar-refractivity contribution in [1.29, 1.82) is 0 Å². The van der Waals surface area contributed by atoms with E-state index in [1.54, 1.807) is 13.8 Å². The Morgan fingerprint density at radius 2 is 2.27 bits per heavy atom. The zero-order chi connectivity index (χ0) is 19.6. The Labute approximate surface area is 154 Å². The van der Waals surface area contributed by atoms with Crippen LogP contribution in [0, 0.1) is 5.92 Å². The highest BCUT2D eigenvalue weighted by atomic mass is 35.5. The van der Waals surface area contributed by atoms with E-state index in [1.165, 1.54) is 12.3 Å². The van der Waals surface area contributed by atoms with E-state index in [4.69, 9.17) is 32.5 Å². The van der Waals surface area contributed by atoms with E-state index in [9.17, 15) is 19.1 Å². The van der Waals surface area contributed by atoms with Gasteiger partial charge in [0.05, 0.1) is 5.88 Å². The summed E-state index contributed by atoms with van der Waals surface area (Å²) >= 11 is 5.87. The summed E-state index contributed by atoms with van der Waals surface area (Å²) < 4.78 is 26.1. The molecular weight excluding hydrogens is 371 g/mol. The van der Waals surface area contributed by atoms with Crippen LogP contribution in [-0.4, -0.2) is 57.0 Å². The maximum Gasteiger partial charge on any atom is 0.351 e. The molecule has 26 heavy (non-hydrogen) atoms. The number of ether oxygens (including phenoxy) is 2. The second kappa shape index (κ2) is 7.87. The number of alkyl halides is 2. The molecule has 0 amide bonds. The summed E-state index contributed by atoms with van der Waals surface area (Å²) in [5.41, 5.74) is 8.51. The Bertz CT molecular complexity index is 718. The van der Waals surface area contributed by atoms with Gasteiger partial charge < -0.3 is 26.0 Å². The predicted octanol–water partition coefficient (Wildman–Crippen LogP) is -0.443.